The summed E-state index contributed by atoms with van der Waals surface area (Å²) in [6.45, 7) is 9.05. The predicted octanol–water partition coefficient (Wildman–Crippen LogP) is 5.02. The van der Waals surface area contributed by atoms with Crippen LogP contribution in [0.3, 0.4) is 0 Å². The van der Waals surface area contributed by atoms with E-state index in [9.17, 15) is 8.78 Å². The molecule has 0 saturated carbocycles. The average molecular weight is 379 g/mol. The Morgan fingerprint density at radius 1 is 1.18 bits per heavy atom. The molecule has 1 aliphatic rings. The highest BCUT2D eigenvalue weighted by Gasteiger charge is 2.20. The van der Waals surface area contributed by atoms with Crippen molar-refractivity contribution in [2.75, 3.05) is 6.54 Å². The Hall–Kier alpha value is -3.08. The minimum atomic E-state index is -0.580. The van der Waals surface area contributed by atoms with E-state index >= 15 is 0 Å². The number of aromatic amines is 1. The summed E-state index contributed by atoms with van der Waals surface area (Å²) in [5, 5.41) is 7.21. The maximum absolute atomic E-state index is 14.4. The van der Waals surface area contributed by atoms with Gasteiger partial charge in [0.2, 0.25) is 0 Å². The number of nitrogens with one attached hydrogen (secondary N) is 3. The molecule has 1 atom stereocenters. The summed E-state index contributed by atoms with van der Waals surface area (Å²) >= 11 is 0. The van der Waals surface area contributed by atoms with Crippen molar-refractivity contribution < 1.29 is 8.78 Å². The lowest BCUT2D eigenvalue weighted by atomic mass is 10.00. The van der Waals surface area contributed by atoms with Crippen molar-refractivity contribution in [3.8, 4) is 11.3 Å². The Balaban J connectivity index is 1.64. The Bertz CT molecular complexity index is 1040. The van der Waals surface area contributed by atoms with Crippen molar-refractivity contribution in [3.05, 3.63) is 84.2 Å². The first-order chi connectivity index (χ1) is 13.5. The SMILES string of the molecule is C=C(CCc1c(-c2ccccc2)[nH]c2c(F)cc(F)cc12)NC1CCNC1=C. The van der Waals surface area contributed by atoms with Crippen LogP contribution in [-0.4, -0.2) is 17.6 Å². The standard InChI is InChI=1S/C23H23F2N3/c1-14(27-21-10-11-26-15(21)2)8-9-18-19-12-17(24)13-20(25)23(19)28-22(18)16-6-4-3-5-7-16/h3-7,12-13,21,26-28H,1-2,8-11H2. The van der Waals surface area contributed by atoms with Gasteiger partial charge in [0.15, 0.2) is 0 Å². The van der Waals surface area contributed by atoms with Gasteiger partial charge in [-0.1, -0.05) is 43.5 Å². The molecular formula is C23H23F2N3. The van der Waals surface area contributed by atoms with Gasteiger partial charge < -0.3 is 15.6 Å². The first-order valence-electron chi connectivity index (χ1n) is 9.45. The summed E-state index contributed by atoms with van der Waals surface area (Å²) in [5.41, 5.74) is 4.86. The van der Waals surface area contributed by atoms with Crippen molar-refractivity contribution in [1.82, 2.24) is 15.6 Å². The van der Waals surface area contributed by atoms with Crippen LogP contribution >= 0.6 is 0 Å². The molecule has 0 aliphatic carbocycles. The van der Waals surface area contributed by atoms with Crippen LogP contribution in [0.1, 0.15) is 18.4 Å². The highest BCUT2D eigenvalue weighted by molar-refractivity contribution is 5.91. The van der Waals surface area contributed by atoms with Crippen LogP contribution < -0.4 is 10.6 Å². The van der Waals surface area contributed by atoms with E-state index in [0.717, 1.165) is 47.2 Å². The Morgan fingerprint density at radius 2 is 1.96 bits per heavy atom. The van der Waals surface area contributed by atoms with Gasteiger partial charge in [-0.3, -0.25) is 0 Å². The molecule has 0 spiro atoms. The quantitative estimate of drug-likeness (QED) is 0.562. The van der Waals surface area contributed by atoms with Gasteiger partial charge in [-0.25, -0.2) is 8.78 Å². The fraction of sp³-hybridized carbons (Fsp3) is 0.217. The molecule has 3 aromatic rings. The van der Waals surface area contributed by atoms with Crippen molar-refractivity contribution in [2.45, 2.75) is 25.3 Å². The van der Waals surface area contributed by atoms with Crippen LogP contribution in [0.4, 0.5) is 8.78 Å². The van der Waals surface area contributed by atoms with Crippen LogP contribution in [0.2, 0.25) is 0 Å². The van der Waals surface area contributed by atoms with Crippen LogP contribution in [0.5, 0.6) is 0 Å². The molecule has 1 aromatic heterocycles. The maximum Gasteiger partial charge on any atom is 0.150 e. The summed E-state index contributed by atoms with van der Waals surface area (Å²) in [5.74, 6) is -1.15. The summed E-state index contributed by atoms with van der Waals surface area (Å²) in [4.78, 5) is 3.16. The van der Waals surface area contributed by atoms with E-state index in [-0.39, 0.29) is 6.04 Å². The molecular weight excluding hydrogens is 356 g/mol. The van der Waals surface area contributed by atoms with Crippen molar-refractivity contribution in [3.63, 3.8) is 0 Å². The number of rotatable bonds is 6. The van der Waals surface area contributed by atoms with E-state index < -0.39 is 11.6 Å². The van der Waals surface area contributed by atoms with Crippen molar-refractivity contribution in [2.24, 2.45) is 0 Å². The van der Waals surface area contributed by atoms with Crippen LogP contribution in [-0.2, 0) is 6.42 Å². The third-order valence-corrected chi connectivity index (χ3v) is 5.26. The predicted molar refractivity (Wildman–Crippen MR) is 110 cm³/mol. The molecule has 0 bridgehead atoms. The first-order valence-corrected chi connectivity index (χ1v) is 9.45. The molecule has 0 radical (unpaired) electrons. The number of hydrogen-bond donors (Lipinski definition) is 3. The number of halogens is 2. The van der Waals surface area contributed by atoms with Crippen molar-refractivity contribution in [1.29, 1.82) is 0 Å². The monoisotopic (exact) mass is 379 g/mol. The number of allylic oxidation sites excluding steroid dienone is 1. The van der Waals surface area contributed by atoms with Gasteiger partial charge in [0.1, 0.15) is 11.6 Å². The molecule has 3 N–H and O–H groups in total. The van der Waals surface area contributed by atoms with E-state index in [2.05, 4.69) is 28.8 Å². The number of H-pyrrole nitrogens is 1. The Labute approximate surface area is 163 Å². The van der Waals surface area contributed by atoms with E-state index in [1.165, 1.54) is 6.07 Å². The molecule has 1 saturated heterocycles. The molecule has 2 heterocycles. The highest BCUT2D eigenvalue weighted by atomic mass is 19.1. The van der Waals surface area contributed by atoms with Gasteiger partial charge in [-0.15, -0.1) is 0 Å². The third-order valence-electron chi connectivity index (χ3n) is 5.26. The zero-order valence-corrected chi connectivity index (χ0v) is 15.6. The van der Waals surface area contributed by atoms with E-state index in [0.29, 0.717) is 23.7 Å². The minimum Gasteiger partial charge on any atom is -0.387 e. The Kier molecular flexibility index (Phi) is 4.90. The van der Waals surface area contributed by atoms with Gasteiger partial charge in [0.25, 0.3) is 0 Å². The van der Waals surface area contributed by atoms with E-state index in [4.69, 9.17) is 0 Å². The van der Waals surface area contributed by atoms with Crippen LogP contribution in [0.15, 0.2) is 67.0 Å². The van der Waals surface area contributed by atoms with Gasteiger partial charge in [0.05, 0.1) is 11.6 Å². The number of benzene rings is 2. The highest BCUT2D eigenvalue weighted by Crippen LogP contribution is 2.33. The lowest BCUT2D eigenvalue weighted by Crippen LogP contribution is -2.28. The molecule has 1 unspecified atom stereocenters. The summed E-state index contributed by atoms with van der Waals surface area (Å²) in [6, 6.07) is 12.2. The molecule has 3 nitrogen and oxygen atoms in total. The molecule has 5 heteroatoms. The van der Waals surface area contributed by atoms with Crippen molar-refractivity contribution >= 4 is 10.9 Å². The number of aryl methyl sites for hydroxylation is 1. The summed E-state index contributed by atoms with van der Waals surface area (Å²) in [7, 11) is 0. The first kappa shape index (κ1) is 18.3. The van der Waals surface area contributed by atoms with Gasteiger partial charge in [-0.2, -0.15) is 0 Å². The smallest absolute Gasteiger partial charge is 0.150 e. The lowest BCUT2D eigenvalue weighted by Gasteiger charge is -2.16. The van der Waals surface area contributed by atoms with E-state index in [1.807, 2.05) is 30.3 Å². The molecule has 28 heavy (non-hydrogen) atoms. The van der Waals surface area contributed by atoms with Crippen LogP contribution in [0.25, 0.3) is 22.2 Å². The maximum atomic E-state index is 14.4. The zero-order valence-electron chi connectivity index (χ0n) is 15.6. The fourth-order valence-corrected chi connectivity index (χ4v) is 3.81. The van der Waals surface area contributed by atoms with Gasteiger partial charge in [0, 0.05) is 35.1 Å². The van der Waals surface area contributed by atoms with Gasteiger partial charge in [-0.05, 0) is 36.5 Å². The van der Waals surface area contributed by atoms with Gasteiger partial charge >= 0.3 is 0 Å². The second kappa shape index (κ2) is 7.50. The minimum absolute atomic E-state index is 0.180. The van der Waals surface area contributed by atoms with Crippen LogP contribution in [0, 0.1) is 11.6 Å². The zero-order chi connectivity index (χ0) is 19.7. The molecule has 1 fully saturated rings. The summed E-state index contributed by atoms with van der Waals surface area (Å²) < 4.78 is 28.3. The second-order valence-corrected chi connectivity index (χ2v) is 7.20. The number of hydrogen-bond acceptors (Lipinski definition) is 2. The third kappa shape index (κ3) is 3.52. The normalized spacial score (nSPS) is 16.4. The number of aromatic nitrogens is 1. The second-order valence-electron chi connectivity index (χ2n) is 7.20. The lowest BCUT2D eigenvalue weighted by molar-refractivity contribution is 0.591. The average Bonchev–Trinajstić information content (AvgIpc) is 3.24. The topological polar surface area (TPSA) is 39.9 Å². The largest absolute Gasteiger partial charge is 0.387 e. The molecule has 0 amide bonds. The molecule has 4 rings (SSSR count). The summed E-state index contributed by atoms with van der Waals surface area (Å²) in [6.07, 6.45) is 2.25. The molecule has 2 aromatic carbocycles. The Morgan fingerprint density at radius 3 is 2.68 bits per heavy atom. The number of fused-ring (bicyclic) bond motifs is 1. The molecule has 144 valence electrons. The fourth-order valence-electron chi connectivity index (χ4n) is 3.81. The molecule has 1 aliphatic heterocycles. The van der Waals surface area contributed by atoms with E-state index in [1.54, 1.807) is 0 Å².